The predicted molar refractivity (Wildman–Crippen MR) is 415 cm³/mol. The smallest absolute Gasteiger partial charge is 0.212 e. The molecule has 0 radical (unpaired) electrons. The molecule has 0 amide bonds. The first-order valence-corrected chi connectivity index (χ1v) is 35.7. The van der Waals surface area contributed by atoms with Gasteiger partial charge in [0, 0.05) is 147 Å². The topological polar surface area (TPSA) is 67.1 Å². The van der Waals surface area contributed by atoms with Crippen molar-refractivity contribution in [1.82, 2.24) is 19.9 Å². The molecule has 8 aromatic heterocycles. The van der Waals surface area contributed by atoms with Gasteiger partial charge in [-0.15, -0.1) is 0 Å². The lowest BCUT2D eigenvalue weighted by Gasteiger charge is -2.21. The first-order valence-electron chi connectivity index (χ1n) is 37.2. The molecule has 8 heteroatoms. The summed E-state index contributed by atoms with van der Waals surface area (Å²) in [7, 11) is 8.20. The number of rotatable bonds is 4. The van der Waals surface area contributed by atoms with Crippen LogP contribution in [0.4, 0.5) is 0 Å². The summed E-state index contributed by atoms with van der Waals surface area (Å²) in [4.78, 5) is 19.5. The molecule has 16 rings (SSSR count). The highest BCUT2D eigenvalue weighted by molar-refractivity contribution is 5.88. The van der Waals surface area contributed by atoms with E-state index in [2.05, 4.69) is 312 Å². The third kappa shape index (κ3) is 11.9. The molecule has 0 aliphatic heterocycles. The van der Waals surface area contributed by atoms with Crippen molar-refractivity contribution in [2.75, 3.05) is 0 Å². The molecule has 8 heterocycles. The fourth-order valence-corrected chi connectivity index (χ4v) is 16.4. The minimum absolute atomic E-state index is 0.0462. The number of aromatic nitrogens is 8. The number of aryl methyl sites for hydroxylation is 16. The van der Waals surface area contributed by atoms with E-state index in [1.54, 1.807) is 10.6 Å². The van der Waals surface area contributed by atoms with Crippen LogP contribution >= 0.6 is 0 Å². The van der Waals surface area contributed by atoms with Gasteiger partial charge in [0.1, 0.15) is 28.2 Å². The van der Waals surface area contributed by atoms with Gasteiger partial charge in [-0.2, -0.15) is 4.57 Å². The van der Waals surface area contributed by atoms with E-state index in [0.717, 1.165) is 45.3 Å². The second kappa shape index (κ2) is 25.3. The van der Waals surface area contributed by atoms with Gasteiger partial charge in [-0.1, -0.05) is 104 Å². The molecule has 0 saturated heterocycles. The molecule has 0 unspecified atom stereocenters. The molecule has 0 spiro atoms. The average molecular weight is 1330 g/mol. The van der Waals surface area contributed by atoms with E-state index >= 15 is 0 Å². The Kier molecular flexibility index (Phi) is 16.5. The van der Waals surface area contributed by atoms with E-state index in [1.165, 1.54) is 157 Å². The Morgan fingerprint density at radius 3 is 1.02 bits per heavy atom. The quantitative estimate of drug-likeness (QED) is 0.165. The van der Waals surface area contributed by atoms with Gasteiger partial charge in [0.15, 0.2) is 24.3 Å². The van der Waals surface area contributed by atoms with Crippen molar-refractivity contribution >= 4 is 0 Å². The van der Waals surface area contributed by atoms with Crippen molar-refractivity contribution < 1.29 is 22.4 Å². The summed E-state index contributed by atoms with van der Waals surface area (Å²) in [5.74, 6) is 0. The maximum atomic E-state index is 7.82. The Morgan fingerprint density at radius 2 is 0.644 bits per heavy atom. The summed E-state index contributed by atoms with van der Waals surface area (Å²) in [6, 6.07) is 52.5. The average Bonchev–Trinajstić information content (AvgIpc) is 1.59. The van der Waals surface area contributed by atoms with Crippen molar-refractivity contribution in [3.05, 3.63) is 282 Å². The van der Waals surface area contributed by atoms with Crippen molar-refractivity contribution in [3.8, 4) is 89.5 Å². The molecular weight excluding hydrogens is 1230 g/mol. The zero-order valence-electron chi connectivity index (χ0n) is 67.2. The molecule has 0 fully saturated rings. The Morgan fingerprint density at radius 1 is 0.287 bits per heavy atom. The monoisotopic (exact) mass is 1330 g/mol. The largest absolute Gasteiger partial charge is 0.257 e. The van der Waals surface area contributed by atoms with Crippen molar-refractivity contribution in [1.29, 1.82) is 0 Å². The van der Waals surface area contributed by atoms with Crippen LogP contribution in [0.2, 0.25) is 0 Å². The number of pyridine rings is 8. The molecule has 101 heavy (non-hydrogen) atoms. The van der Waals surface area contributed by atoms with E-state index < -0.39 is 6.85 Å². The Bertz CT molecular complexity index is 5570. The Labute approximate surface area is 605 Å². The van der Waals surface area contributed by atoms with Crippen molar-refractivity contribution in [2.24, 2.45) is 28.2 Å². The summed E-state index contributed by atoms with van der Waals surface area (Å²) in [6.07, 6.45) is 6.55. The number of fused-ring (bicyclic) bond motifs is 12. The first kappa shape index (κ1) is 65.7. The van der Waals surface area contributed by atoms with Gasteiger partial charge < -0.3 is 0 Å². The van der Waals surface area contributed by atoms with E-state index in [0.29, 0.717) is 5.69 Å². The minimum Gasteiger partial charge on any atom is -0.257 e. The minimum atomic E-state index is -2.15. The SMILES string of the molecule is Cc1cc[n+](C)c(-c2cc3c(cc2C)C(C)(C)c2nc(C)ccc2-3)c1.Cc1ccc(-c2cc3c(cc2C)C(C)(C)c2nc(C)ccc2-3)[n+](C)c1.Cc1ccc2c(n1)C(C)(C)c1cc(C)c(-c3cc(C)c(C)c[n+]3C)cc1-2.[2H]C([2H])([2H])c1cccc(-c2cc3c(cc2C)C(C)(C)c2nc(C)ccc2-3)[n+]1C. The molecule has 0 N–H and O–H groups in total. The highest BCUT2D eigenvalue weighted by Gasteiger charge is 2.42. The van der Waals surface area contributed by atoms with Gasteiger partial charge in [0.2, 0.25) is 22.8 Å². The highest BCUT2D eigenvalue weighted by atomic mass is 14.9. The molecule has 4 aliphatic carbocycles. The number of hydrogen-bond donors (Lipinski definition) is 0. The summed E-state index contributed by atoms with van der Waals surface area (Å²) < 4.78 is 31.9. The zero-order chi connectivity index (χ0) is 75.1. The van der Waals surface area contributed by atoms with E-state index in [1.807, 2.05) is 26.1 Å². The van der Waals surface area contributed by atoms with Crippen LogP contribution in [0.3, 0.4) is 0 Å². The van der Waals surface area contributed by atoms with E-state index in [-0.39, 0.29) is 21.7 Å². The van der Waals surface area contributed by atoms with Crippen LogP contribution in [0.25, 0.3) is 89.5 Å². The maximum absolute atomic E-state index is 7.82. The standard InChI is InChI=1S/C24H27N2.3C23H25N2/c1-14-11-22(26(7)13-16(14)3)19-12-20-18-9-8-17(4)25-23(18)24(5,6)21(20)10-15(19)2;1-14-7-10-21(25(6)13-14)18-12-19-17-9-8-16(3)24-22(17)23(4,5)20(19)11-15(18)2;1-14-9-10-25(6)21(11-14)18-13-19-17-8-7-16(3)24-22(17)23(4,5)20(19)12-15(18)2;1-14-12-20-19(13-18(14)21-9-7-8-16(3)25(21)6)17-11-10-15(2)24-22(17)23(20,4)5/h8-13H,1-7H3;3*7-13H,1-6H3/q4*+1/i;;;3D3. The van der Waals surface area contributed by atoms with Gasteiger partial charge >= 0.3 is 0 Å². The Hall–Kier alpha value is -9.92. The fourth-order valence-electron chi connectivity index (χ4n) is 16.4. The summed E-state index contributed by atoms with van der Waals surface area (Å²) in [5.41, 5.74) is 44.6. The molecule has 0 atom stereocenters. The van der Waals surface area contributed by atoms with Crippen molar-refractivity contribution in [2.45, 2.75) is 167 Å². The van der Waals surface area contributed by atoms with Crippen LogP contribution in [0.15, 0.2) is 164 Å². The van der Waals surface area contributed by atoms with Gasteiger partial charge in [-0.05, 0) is 222 Å². The summed E-state index contributed by atoms with van der Waals surface area (Å²) in [6.45, 7) is 41.7. The molecule has 12 aromatic rings. The van der Waals surface area contributed by atoms with Gasteiger partial charge in [0.25, 0.3) is 0 Å². The highest BCUT2D eigenvalue weighted by Crippen LogP contribution is 2.54. The van der Waals surface area contributed by atoms with Crippen LogP contribution in [0, 0.1) is 89.9 Å². The number of benzene rings is 4. The Balaban J connectivity index is 0.000000123. The van der Waals surface area contributed by atoms with Crippen LogP contribution in [0.1, 0.15) is 178 Å². The van der Waals surface area contributed by atoms with Gasteiger partial charge in [-0.3, -0.25) is 19.9 Å². The fraction of sp³-hybridized carbons (Fsp3) is 0.312. The lowest BCUT2D eigenvalue weighted by Crippen LogP contribution is -2.34. The molecular formula is C93H102N8+4. The van der Waals surface area contributed by atoms with Crippen molar-refractivity contribution in [3.63, 3.8) is 0 Å². The molecule has 4 aliphatic rings. The molecule has 510 valence electrons. The van der Waals surface area contributed by atoms with Gasteiger partial charge in [0.05, 0.1) is 22.8 Å². The third-order valence-electron chi connectivity index (χ3n) is 22.5. The predicted octanol–water partition coefficient (Wildman–Crippen LogP) is 19.5. The normalized spacial score (nSPS) is 14.9. The number of nitrogens with zero attached hydrogens (tertiary/aromatic N) is 8. The summed E-state index contributed by atoms with van der Waals surface area (Å²) >= 11 is 0. The molecule has 8 nitrogen and oxygen atoms in total. The molecule has 4 aromatic carbocycles. The second-order valence-corrected chi connectivity index (χ2v) is 31.6. The lowest BCUT2D eigenvalue weighted by molar-refractivity contribution is -0.666. The van der Waals surface area contributed by atoms with Crippen LogP contribution in [0.5, 0.6) is 0 Å². The summed E-state index contributed by atoms with van der Waals surface area (Å²) in [5, 5.41) is 0. The van der Waals surface area contributed by atoms with Crippen LogP contribution < -0.4 is 18.3 Å². The van der Waals surface area contributed by atoms with Gasteiger partial charge in [-0.25, -0.2) is 13.7 Å². The lowest BCUT2D eigenvalue weighted by atomic mass is 9.83. The van der Waals surface area contributed by atoms with E-state index in [9.17, 15) is 0 Å². The molecule has 0 saturated carbocycles. The van der Waals surface area contributed by atoms with Crippen LogP contribution in [-0.4, -0.2) is 19.9 Å². The van der Waals surface area contributed by atoms with Crippen LogP contribution in [-0.2, 0) is 49.9 Å². The van der Waals surface area contributed by atoms with E-state index in [4.69, 9.17) is 24.0 Å². The maximum Gasteiger partial charge on any atom is 0.212 e. The molecule has 0 bridgehead atoms. The zero-order valence-corrected chi connectivity index (χ0v) is 64.2. The number of hydrogen-bond acceptors (Lipinski definition) is 4. The third-order valence-corrected chi connectivity index (χ3v) is 22.5. The first-order chi connectivity index (χ1) is 48.8. The second-order valence-electron chi connectivity index (χ2n) is 31.6.